The van der Waals surface area contributed by atoms with Crippen molar-refractivity contribution in [2.45, 2.75) is 289 Å². The molecule has 0 saturated carbocycles. The van der Waals surface area contributed by atoms with Crippen molar-refractivity contribution in [2.75, 3.05) is 6.61 Å². The minimum Gasteiger partial charge on any atom is -0.394 e. The van der Waals surface area contributed by atoms with Gasteiger partial charge in [0.15, 0.2) is 0 Å². The highest BCUT2D eigenvalue weighted by Crippen LogP contribution is 2.16. The molecule has 4 heteroatoms. The average molecular weight is 879 g/mol. The molecule has 0 heterocycles. The van der Waals surface area contributed by atoms with Gasteiger partial charge in [-0.05, 0) is 70.6 Å². The molecule has 0 saturated heterocycles. The van der Waals surface area contributed by atoms with Crippen molar-refractivity contribution >= 4 is 5.91 Å². The number of hydrogen-bond donors (Lipinski definition) is 3. The lowest BCUT2D eigenvalue weighted by molar-refractivity contribution is -0.123. The van der Waals surface area contributed by atoms with Gasteiger partial charge in [0.1, 0.15) is 0 Å². The zero-order valence-corrected chi connectivity index (χ0v) is 42.1. The second-order valence-electron chi connectivity index (χ2n) is 18.6. The molecular weight excluding hydrogens is 771 g/mol. The number of carbonyl (C=O) groups excluding carboxylic acids is 1. The van der Waals surface area contributed by atoms with Gasteiger partial charge in [0.25, 0.3) is 0 Å². The third kappa shape index (κ3) is 50.7. The highest BCUT2D eigenvalue weighted by molar-refractivity contribution is 5.76. The van der Waals surface area contributed by atoms with E-state index in [0.717, 1.165) is 57.8 Å². The van der Waals surface area contributed by atoms with E-state index >= 15 is 0 Å². The van der Waals surface area contributed by atoms with Crippen LogP contribution in [0.15, 0.2) is 72.9 Å². The Balaban J connectivity index is 3.49. The molecule has 0 aliphatic heterocycles. The summed E-state index contributed by atoms with van der Waals surface area (Å²) in [5.41, 5.74) is 0. The van der Waals surface area contributed by atoms with Gasteiger partial charge in [-0.15, -0.1) is 0 Å². The third-order valence-electron chi connectivity index (χ3n) is 12.4. The third-order valence-corrected chi connectivity index (χ3v) is 12.4. The van der Waals surface area contributed by atoms with Gasteiger partial charge in [-0.2, -0.15) is 0 Å². The number of allylic oxidation sites excluding steroid dienone is 11. The normalized spacial score (nSPS) is 13.4. The van der Waals surface area contributed by atoms with Crippen molar-refractivity contribution in [2.24, 2.45) is 0 Å². The molecule has 2 atom stereocenters. The summed E-state index contributed by atoms with van der Waals surface area (Å²) in [6.07, 6.45) is 77.8. The van der Waals surface area contributed by atoms with Crippen molar-refractivity contribution in [1.29, 1.82) is 0 Å². The number of amides is 1. The van der Waals surface area contributed by atoms with Gasteiger partial charge in [0.2, 0.25) is 5.91 Å². The monoisotopic (exact) mass is 878 g/mol. The lowest BCUT2D eigenvalue weighted by atomic mass is 10.0. The molecule has 0 aliphatic rings. The van der Waals surface area contributed by atoms with E-state index in [-0.39, 0.29) is 12.5 Å². The van der Waals surface area contributed by atoms with E-state index in [1.54, 1.807) is 6.08 Å². The summed E-state index contributed by atoms with van der Waals surface area (Å²) >= 11 is 0. The van der Waals surface area contributed by atoms with E-state index in [0.29, 0.717) is 6.42 Å². The first-order valence-corrected chi connectivity index (χ1v) is 27.7. The van der Waals surface area contributed by atoms with Crippen LogP contribution in [-0.4, -0.2) is 34.9 Å². The zero-order chi connectivity index (χ0) is 45.6. The quantitative estimate of drug-likeness (QED) is 0.0421. The van der Waals surface area contributed by atoms with Crippen LogP contribution >= 0.6 is 0 Å². The zero-order valence-electron chi connectivity index (χ0n) is 42.1. The van der Waals surface area contributed by atoms with Crippen LogP contribution in [0.3, 0.4) is 0 Å². The molecule has 0 fully saturated rings. The van der Waals surface area contributed by atoms with E-state index in [1.165, 1.54) is 199 Å². The van der Waals surface area contributed by atoms with E-state index in [2.05, 4.69) is 79.9 Å². The molecule has 3 N–H and O–H groups in total. The van der Waals surface area contributed by atoms with Gasteiger partial charge in [0, 0.05) is 6.42 Å². The van der Waals surface area contributed by atoms with E-state index < -0.39 is 12.1 Å². The number of aliphatic hydroxyl groups is 2. The van der Waals surface area contributed by atoms with E-state index in [4.69, 9.17) is 0 Å². The SMILES string of the molecule is CC/C=C\C/C=C\C/C=C\C/C=C\CCCCCCCCCCCCCCCCCCCCCCC(=O)NC(CO)C(O)/C=C/CC/C=C/CCCCCCCCCCCCCC. The molecule has 0 spiro atoms. The van der Waals surface area contributed by atoms with Crippen LogP contribution in [0.4, 0.5) is 0 Å². The molecule has 0 aromatic heterocycles. The first-order chi connectivity index (χ1) is 31.2. The Morgan fingerprint density at radius 2 is 0.714 bits per heavy atom. The van der Waals surface area contributed by atoms with Crippen LogP contribution in [0.1, 0.15) is 277 Å². The predicted molar refractivity (Wildman–Crippen MR) is 281 cm³/mol. The maximum Gasteiger partial charge on any atom is 0.220 e. The van der Waals surface area contributed by atoms with Gasteiger partial charge in [-0.25, -0.2) is 0 Å². The predicted octanol–water partition coefficient (Wildman–Crippen LogP) is 18.2. The molecule has 63 heavy (non-hydrogen) atoms. The van der Waals surface area contributed by atoms with Crippen molar-refractivity contribution in [1.82, 2.24) is 5.32 Å². The molecule has 0 aromatic carbocycles. The Hall–Kier alpha value is -2.17. The first kappa shape index (κ1) is 60.8. The summed E-state index contributed by atoms with van der Waals surface area (Å²) in [6, 6.07) is -0.640. The highest BCUT2D eigenvalue weighted by atomic mass is 16.3. The number of aliphatic hydroxyl groups excluding tert-OH is 2. The second kappa shape index (κ2) is 54.2. The fraction of sp³-hybridized carbons (Fsp3) is 0.780. The fourth-order valence-corrected chi connectivity index (χ4v) is 8.25. The Labute approximate surface area is 393 Å². The molecule has 0 bridgehead atoms. The first-order valence-electron chi connectivity index (χ1n) is 27.7. The van der Waals surface area contributed by atoms with Crippen LogP contribution in [0.2, 0.25) is 0 Å². The van der Waals surface area contributed by atoms with Crippen molar-refractivity contribution in [3.05, 3.63) is 72.9 Å². The lowest BCUT2D eigenvalue weighted by Gasteiger charge is -2.19. The van der Waals surface area contributed by atoms with Gasteiger partial charge < -0.3 is 15.5 Å². The molecule has 0 aromatic rings. The number of unbranched alkanes of at least 4 members (excludes halogenated alkanes) is 33. The molecule has 1 amide bonds. The smallest absolute Gasteiger partial charge is 0.220 e. The summed E-state index contributed by atoms with van der Waals surface area (Å²) in [7, 11) is 0. The van der Waals surface area contributed by atoms with Crippen LogP contribution in [0, 0.1) is 0 Å². The summed E-state index contributed by atoms with van der Waals surface area (Å²) in [6.45, 7) is 4.20. The van der Waals surface area contributed by atoms with Crippen LogP contribution in [-0.2, 0) is 4.79 Å². The summed E-state index contributed by atoms with van der Waals surface area (Å²) < 4.78 is 0. The van der Waals surface area contributed by atoms with Gasteiger partial charge in [0.05, 0.1) is 18.8 Å². The fourth-order valence-electron chi connectivity index (χ4n) is 8.25. The molecule has 4 nitrogen and oxygen atoms in total. The minimum absolute atomic E-state index is 0.0716. The Bertz CT molecular complexity index is 1090. The molecular formula is C59H107NO3. The second-order valence-corrected chi connectivity index (χ2v) is 18.6. The maximum absolute atomic E-state index is 12.5. The topological polar surface area (TPSA) is 69.6 Å². The number of rotatable bonds is 50. The standard InChI is InChI=1S/C59H107NO3/c1-3-5-7-9-11-13-15-17-19-21-23-24-25-26-27-28-29-30-31-32-33-34-35-36-37-39-41-43-45-47-49-51-53-55-59(63)60-57(56-61)58(62)54-52-50-48-46-44-42-40-38-22-20-18-16-14-12-10-8-6-4-2/h5,7,11,13,17,19,23-24,44,46,52,54,57-58,61-62H,3-4,6,8-10,12,14-16,18,20-22,25-43,45,47-51,53,55-56H2,1-2H3,(H,60,63)/b7-5-,13-11-,19-17-,24-23-,46-44+,54-52+. The summed E-state index contributed by atoms with van der Waals surface area (Å²) in [5.74, 6) is -0.0716. The minimum atomic E-state index is -0.863. The van der Waals surface area contributed by atoms with Crippen LogP contribution in [0.25, 0.3) is 0 Å². The number of nitrogens with one attached hydrogen (secondary N) is 1. The van der Waals surface area contributed by atoms with Crippen LogP contribution < -0.4 is 5.32 Å². The van der Waals surface area contributed by atoms with Crippen molar-refractivity contribution in [3.8, 4) is 0 Å². The lowest BCUT2D eigenvalue weighted by Crippen LogP contribution is -2.45. The Morgan fingerprint density at radius 1 is 0.397 bits per heavy atom. The van der Waals surface area contributed by atoms with E-state index in [1.807, 2.05) is 6.08 Å². The number of hydrogen-bond acceptors (Lipinski definition) is 3. The summed E-state index contributed by atoms with van der Waals surface area (Å²) in [4.78, 5) is 12.5. The van der Waals surface area contributed by atoms with Gasteiger partial charge >= 0.3 is 0 Å². The van der Waals surface area contributed by atoms with E-state index in [9.17, 15) is 15.0 Å². The average Bonchev–Trinajstić information content (AvgIpc) is 3.29. The Kier molecular flexibility index (Phi) is 52.3. The van der Waals surface area contributed by atoms with Crippen molar-refractivity contribution < 1.29 is 15.0 Å². The molecule has 0 aliphatic carbocycles. The van der Waals surface area contributed by atoms with Gasteiger partial charge in [-0.3, -0.25) is 4.79 Å². The molecule has 366 valence electrons. The molecule has 0 rings (SSSR count). The van der Waals surface area contributed by atoms with Gasteiger partial charge in [-0.1, -0.05) is 273 Å². The Morgan fingerprint density at radius 3 is 1.11 bits per heavy atom. The largest absolute Gasteiger partial charge is 0.394 e. The summed E-state index contributed by atoms with van der Waals surface area (Å²) in [5, 5.41) is 23.1. The molecule has 2 unspecified atom stereocenters. The van der Waals surface area contributed by atoms with Crippen molar-refractivity contribution in [3.63, 3.8) is 0 Å². The van der Waals surface area contributed by atoms with Crippen LogP contribution in [0.5, 0.6) is 0 Å². The number of carbonyl (C=O) groups is 1. The highest BCUT2D eigenvalue weighted by Gasteiger charge is 2.18. The molecule has 0 radical (unpaired) electrons. The maximum atomic E-state index is 12.5.